The van der Waals surface area contributed by atoms with Crippen LogP contribution in [0, 0.1) is 0 Å². The van der Waals surface area contributed by atoms with Crippen LogP contribution in [0.25, 0.3) is 0 Å². The minimum atomic E-state index is -0.379. The number of rotatable bonds is 0. The van der Waals surface area contributed by atoms with Gasteiger partial charge < -0.3 is 5.11 Å². The lowest BCUT2D eigenvalue weighted by molar-refractivity contribution is 0.180. The topological polar surface area (TPSA) is 20.2 Å². The van der Waals surface area contributed by atoms with Crippen molar-refractivity contribution in [3.8, 4) is 0 Å². The van der Waals surface area contributed by atoms with Crippen LogP contribution < -0.4 is 0 Å². The normalized spacial score (nSPS) is 21.1. The van der Waals surface area contributed by atoms with Gasteiger partial charge in [-0.25, -0.2) is 0 Å². The van der Waals surface area contributed by atoms with Gasteiger partial charge in [-0.1, -0.05) is 23.2 Å². The van der Waals surface area contributed by atoms with Crippen LogP contribution in [0.15, 0.2) is 12.1 Å². The summed E-state index contributed by atoms with van der Waals surface area (Å²) in [6.07, 6.45) is 1.23. The highest BCUT2D eigenvalue weighted by Gasteiger charge is 2.22. The summed E-state index contributed by atoms with van der Waals surface area (Å²) >= 11 is 11.7. The summed E-state index contributed by atoms with van der Waals surface area (Å²) in [7, 11) is 0. The molecule has 1 aliphatic carbocycles. The summed E-state index contributed by atoms with van der Waals surface area (Å²) < 4.78 is 0. The standard InChI is InChI=1S/C9H8Cl2O/c10-5-3-7-6(8(11)4-5)1-2-9(7)12/h3-4,9,12H,1-2H2. The van der Waals surface area contributed by atoms with E-state index in [4.69, 9.17) is 23.2 Å². The van der Waals surface area contributed by atoms with Gasteiger partial charge in [-0.2, -0.15) is 0 Å². The molecule has 0 spiro atoms. The minimum Gasteiger partial charge on any atom is -0.388 e. The fraction of sp³-hybridized carbons (Fsp3) is 0.333. The summed E-state index contributed by atoms with van der Waals surface area (Å²) in [5, 5.41) is 10.8. The van der Waals surface area contributed by atoms with E-state index >= 15 is 0 Å². The van der Waals surface area contributed by atoms with Crippen LogP contribution in [0.5, 0.6) is 0 Å². The van der Waals surface area contributed by atoms with Crippen molar-refractivity contribution in [1.82, 2.24) is 0 Å². The molecule has 1 aromatic carbocycles. The number of aliphatic hydroxyl groups is 1. The van der Waals surface area contributed by atoms with E-state index in [2.05, 4.69) is 0 Å². The predicted molar refractivity (Wildman–Crippen MR) is 49.7 cm³/mol. The largest absolute Gasteiger partial charge is 0.388 e. The van der Waals surface area contributed by atoms with Crippen molar-refractivity contribution in [3.05, 3.63) is 33.3 Å². The monoisotopic (exact) mass is 202 g/mol. The van der Waals surface area contributed by atoms with Crippen LogP contribution in [0.1, 0.15) is 23.7 Å². The molecule has 1 unspecified atom stereocenters. The maximum absolute atomic E-state index is 9.51. The third-order valence-electron chi connectivity index (χ3n) is 2.22. The molecule has 0 radical (unpaired) electrons. The zero-order chi connectivity index (χ0) is 8.72. The zero-order valence-electron chi connectivity index (χ0n) is 6.35. The second-order valence-corrected chi connectivity index (χ2v) is 3.85. The van der Waals surface area contributed by atoms with Gasteiger partial charge in [0.25, 0.3) is 0 Å². The first-order valence-electron chi connectivity index (χ1n) is 3.84. The number of hydrogen-bond donors (Lipinski definition) is 1. The molecule has 1 N–H and O–H groups in total. The number of aliphatic hydroxyl groups excluding tert-OH is 1. The molecule has 2 rings (SSSR count). The van der Waals surface area contributed by atoms with Crippen molar-refractivity contribution in [1.29, 1.82) is 0 Å². The van der Waals surface area contributed by atoms with Gasteiger partial charge in [-0.3, -0.25) is 0 Å². The molecule has 3 heteroatoms. The van der Waals surface area contributed by atoms with Crippen LogP contribution in [0.3, 0.4) is 0 Å². The number of benzene rings is 1. The van der Waals surface area contributed by atoms with Crippen LogP contribution in [0.4, 0.5) is 0 Å². The lowest BCUT2D eigenvalue weighted by Gasteiger charge is -2.05. The number of halogens is 2. The fourth-order valence-electron chi connectivity index (χ4n) is 1.62. The Hall–Kier alpha value is -0.240. The average molecular weight is 203 g/mol. The minimum absolute atomic E-state index is 0.379. The predicted octanol–water partition coefficient (Wildman–Crippen LogP) is 2.97. The van der Waals surface area contributed by atoms with Gasteiger partial charge in [-0.05, 0) is 36.1 Å². The Balaban J connectivity index is 2.60. The third-order valence-corrected chi connectivity index (χ3v) is 2.78. The lowest BCUT2D eigenvalue weighted by Crippen LogP contribution is -1.90. The Bertz CT molecular complexity index is 323. The quantitative estimate of drug-likeness (QED) is 0.687. The van der Waals surface area contributed by atoms with E-state index in [1.165, 1.54) is 0 Å². The number of hydrogen-bond acceptors (Lipinski definition) is 1. The molecule has 0 aliphatic heterocycles. The Morgan fingerprint density at radius 1 is 1.33 bits per heavy atom. The molecule has 12 heavy (non-hydrogen) atoms. The first kappa shape index (κ1) is 8.36. The first-order valence-corrected chi connectivity index (χ1v) is 4.60. The van der Waals surface area contributed by atoms with Crippen molar-refractivity contribution >= 4 is 23.2 Å². The van der Waals surface area contributed by atoms with Crippen molar-refractivity contribution in [3.63, 3.8) is 0 Å². The molecule has 1 nitrogen and oxygen atoms in total. The Morgan fingerprint density at radius 2 is 2.08 bits per heavy atom. The van der Waals surface area contributed by atoms with Crippen LogP contribution in [0.2, 0.25) is 10.0 Å². The lowest BCUT2D eigenvalue weighted by atomic mass is 10.1. The molecule has 1 atom stereocenters. The highest BCUT2D eigenvalue weighted by atomic mass is 35.5. The van der Waals surface area contributed by atoms with Gasteiger partial charge in [0.1, 0.15) is 0 Å². The van der Waals surface area contributed by atoms with E-state index < -0.39 is 0 Å². The second kappa shape index (κ2) is 2.91. The van der Waals surface area contributed by atoms with Gasteiger partial charge in [-0.15, -0.1) is 0 Å². The maximum atomic E-state index is 9.51. The van der Waals surface area contributed by atoms with E-state index in [0.717, 1.165) is 24.0 Å². The van der Waals surface area contributed by atoms with Crippen LogP contribution in [-0.2, 0) is 6.42 Å². The van der Waals surface area contributed by atoms with E-state index in [0.29, 0.717) is 10.0 Å². The molecule has 1 aromatic rings. The smallest absolute Gasteiger partial charge is 0.0796 e. The molecule has 64 valence electrons. The molecule has 0 amide bonds. The van der Waals surface area contributed by atoms with Crippen molar-refractivity contribution in [2.45, 2.75) is 18.9 Å². The SMILES string of the molecule is OC1CCc2c(Cl)cc(Cl)cc21. The molecule has 0 saturated carbocycles. The van der Waals surface area contributed by atoms with Crippen molar-refractivity contribution in [2.75, 3.05) is 0 Å². The third kappa shape index (κ3) is 1.22. The highest BCUT2D eigenvalue weighted by Crippen LogP contribution is 2.37. The van der Waals surface area contributed by atoms with Crippen LogP contribution in [-0.4, -0.2) is 5.11 Å². The first-order chi connectivity index (χ1) is 5.68. The Kier molecular flexibility index (Phi) is 2.03. The maximum Gasteiger partial charge on any atom is 0.0796 e. The van der Waals surface area contributed by atoms with E-state index in [9.17, 15) is 5.11 Å². The summed E-state index contributed by atoms with van der Waals surface area (Å²) in [6, 6.07) is 3.51. The van der Waals surface area contributed by atoms with Crippen LogP contribution >= 0.6 is 23.2 Å². The van der Waals surface area contributed by atoms with Gasteiger partial charge in [0.2, 0.25) is 0 Å². The van der Waals surface area contributed by atoms with Gasteiger partial charge in [0.05, 0.1) is 6.10 Å². The van der Waals surface area contributed by atoms with Gasteiger partial charge >= 0.3 is 0 Å². The van der Waals surface area contributed by atoms with E-state index in [-0.39, 0.29) is 6.10 Å². The molecule has 0 bridgehead atoms. The van der Waals surface area contributed by atoms with Crippen molar-refractivity contribution < 1.29 is 5.11 Å². The Labute approximate surface area is 80.9 Å². The van der Waals surface area contributed by atoms with E-state index in [1.54, 1.807) is 12.1 Å². The molecule has 0 aromatic heterocycles. The molecule has 0 saturated heterocycles. The summed E-state index contributed by atoms with van der Waals surface area (Å²) in [4.78, 5) is 0. The number of fused-ring (bicyclic) bond motifs is 1. The Morgan fingerprint density at radius 3 is 2.83 bits per heavy atom. The molecular formula is C9H8Cl2O. The van der Waals surface area contributed by atoms with Crippen molar-refractivity contribution in [2.24, 2.45) is 0 Å². The molecular weight excluding hydrogens is 195 g/mol. The zero-order valence-corrected chi connectivity index (χ0v) is 7.86. The summed E-state index contributed by atoms with van der Waals surface area (Å²) in [5.41, 5.74) is 1.95. The summed E-state index contributed by atoms with van der Waals surface area (Å²) in [5.74, 6) is 0. The van der Waals surface area contributed by atoms with Gasteiger partial charge in [0.15, 0.2) is 0 Å². The second-order valence-electron chi connectivity index (χ2n) is 3.01. The van der Waals surface area contributed by atoms with Gasteiger partial charge in [0, 0.05) is 10.0 Å². The molecule has 1 aliphatic rings. The average Bonchev–Trinajstić information content (AvgIpc) is 2.33. The fourth-order valence-corrected chi connectivity index (χ4v) is 2.22. The highest BCUT2D eigenvalue weighted by molar-refractivity contribution is 6.35. The molecule has 0 fully saturated rings. The molecule has 0 heterocycles. The van der Waals surface area contributed by atoms with E-state index in [1.807, 2.05) is 0 Å². The summed E-state index contributed by atoms with van der Waals surface area (Å²) in [6.45, 7) is 0.